The number of nitrogens with zero attached hydrogens (tertiary/aromatic N) is 1. The van der Waals surface area contributed by atoms with Crippen molar-refractivity contribution in [3.8, 4) is 0 Å². The van der Waals surface area contributed by atoms with Gasteiger partial charge in [0.1, 0.15) is 5.82 Å². The second-order valence-electron chi connectivity index (χ2n) is 6.46. The lowest BCUT2D eigenvalue weighted by Crippen LogP contribution is -2.43. The van der Waals surface area contributed by atoms with Crippen LogP contribution in [0, 0.1) is 5.82 Å². The molecule has 28 heavy (non-hydrogen) atoms. The predicted molar refractivity (Wildman–Crippen MR) is 120 cm³/mol. The first kappa shape index (κ1) is 25.1. The molecule has 3 N–H and O–H groups in total. The van der Waals surface area contributed by atoms with Crippen LogP contribution in [0.5, 0.6) is 0 Å². The van der Waals surface area contributed by atoms with E-state index in [1.165, 1.54) is 12.1 Å². The van der Waals surface area contributed by atoms with Gasteiger partial charge in [0.15, 0.2) is 5.96 Å². The molecule has 0 aliphatic carbocycles. The lowest BCUT2D eigenvalue weighted by atomic mass is 10.1. The molecule has 2 rings (SSSR count). The molecule has 0 saturated carbocycles. The number of halogens is 2. The van der Waals surface area contributed by atoms with Gasteiger partial charge in [-0.25, -0.2) is 17.5 Å². The molecule has 1 aromatic carbocycles. The van der Waals surface area contributed by atoms with Gasteiger partial charge in [0, 0.05) is 33.3 Å². The van der Waals surface area contributed by atoms with Crippen LogP contribution in [0.1, 0.15) is 24.8 Å². The van der Waals surface area contributed by atoms with E-state index in [0.29, 0.717) is 32.1 Å². The standard InChI is InChI=1S/C18H29FN4O3S.HI/c1-20-18(21-10-9-15-5-7-16(19)8-6-15)22-11-13-27(24,25)23-14-17-4-2-3-12-26-17;/h5-8,17,23H,2-4,9-14H2,1H3,(H2,20,21,22);1H. The van der Waals surface area contributed by atoms with E-state index in [1.807, 2.05) is 0 Å². The minimum absolute atomic E-state index is 0. The lowest BCUT2D eigenvalue weighted by Gasteiger charge is -2.22. The van der Waals surface area contributed by atoms with Crippen LogP contribution >= 0.6 is 24.0 Å². The van der Waals surface area contributed by atoms with Gasteiger partial charge in [-0.1, -0.05) is 12.1 Å². The Morgan fingerprint density at radius 2 is 1.93 bits per heavy atom. The smallest absolute Gasteiger partial charge is 0.213 e. The van der Waals surface area contributed by atoms with Crippen LogP contribution in [0.2, 0.25) is 0 Å². The molecule has 0 amide bonds. The second kappa shape index (κ2) is 13.3. The fourth-order valence-electron chi connectivity index (χ4n) is 2.76. The second-order valence-corrected chi connectivity index (χ2v) is 8.38. The third kappa shape index (κ3) is 9.99. The molecule has 1 heterocycles. The van der Waals surface area contributed by atoms with Crippen molar-refractivity contribution in [2.75, 3.05) is 39.0 Å². The van der Waals surface area contributed by atoms with Crippen LogP contribution in [-0.4, -0.2) is 59.5 Å². The molecule has 1 atom stereocenters. The Morgan fingerprint density at radius 1 is 1.21 bits per heavy atom. The fraction of sp³-hybridized carbons (Fsp3) is 0.611. The average Bonchev–Trinajstić information content (AvgIpc) is 2.67. The summed E-state index contributed by atoms with van der Waals surface area (Å²) in [6, 6.07) is 6.33. The van der Waals surface area contributed by atoms with Gasteiger partial charge >= 0.3 is 0 Å². The first-order valence-electron chi connectivity index (χ1n) is 9.26. The number of hydrogen-bond donors (Lipinski definition) is 3. The number of hydrogen-bond acceptors (Lipinski definition) is 4. The van der Waals surface area contributed by atoms with Gasteiger partial charge in [-0.2, -0.15) is 0 Å². The molecule has 0 spiro atoms. The van der Waals surface area contributed by atoms with Crippen LogP contribution in [0.3, 0.4) is 0 Å². The third-order valence-corrected chi connectivity index (χ3v) is 5.66. The molecule has 1 unspecified atom stereocenters. The molecule has 7 nitrogen and oxygen atoms in total. The highest BCUT2D eigenvalue weighted by atomic mass is 127. The number of ether oxygens (including phenoxy) is 1. The van der Waals surface area contributed by atoms with Crippen molar-refractivity contribution in [1.29, 1.82) is 0 Å². The van der Waals surface area contributed by atoms with Gasteiger partial charge in [0.05, 0.1) is 11.9 Å². The highest BCUT2D eigenvalue weighted by molar-refractivity contribution is 14.0. The van der Waals surface area contributed by atoms with Crippen molar-refractivity contribution in [3.05, 3.63) is 35.6 Å². The van der Waals surface area contributed by atoms with Gasteiger partial charge in [0.2, 0.25) is 10.0 Å². The van der Waals surface area contributed by atoms with Crippen molar-refractivity contribution in [2.24, 2.45) is 4.99 Å². The monoisotopic (exact) mass is 528 g/mol. The molecular formula is C18H30FIN4O3S. The minimum Gasteiger partial charge on any atom is -0.377 e. The van der Waals surface area contributed by atoms with Gasteiger partial charge in [-0.3, -0.25) is 4.99 Å². The SMILES string of the molecule is CN=C(NCCc1ccc(F)cc1)NCCS(=O)(=O)NCC1CCCCO1.I. The van der Waals surface area contributed by atoms with Gasteiger partial charge < -0.3 is 15.4 Å². The summed E-state index contributed by atoms with van der Waals surface area (Å²) in [7, 11) is -1.74. The summed E-state index contributed by atoms with van der Waals surface area (Å²) in [6.07, 6.45) is 3.70. The lowest BCUT2D eigenvalue weighted by molar-refractivity contribution is 0.0200. The quantitative estimate of drug-likeness (QED) is 0.258. The Labute approximate surface area is 184 Å². The Balaban J connectivity index is 0.00000392. The minimum atomic E-state index is -3.36. The number of benzene rings is 1. The normalized spacial score (nSPS) is 17.6. The molecule has 0 bridgehead atoms. The topological polar surface area (TPSA) is 91.8 Å². The zero-order chi connectivity index (χ0) is 19.5. The van der Waals surface area contributed by atoms with Crippen molar-refractivity contribution in [1.82, 2.24) is 15.4 Å². The molecule has 1 aromatic rings. The Kier molecular flexibility index (Phi) is 11.9. The van der Waals surface area contributed by atoms with E-state index in [9.17, 15) is 12.8 Å². The molecular weight excluding hydrogens is 498 g/mol. The zero-order valence-corrected chi connectivity index (χ0v) is 19.3. The van der Waals surface area contributed by atoms with Gasteiger partial charge in [-0.15, -0.1) is 24.0 Å². The Bertz CT molecular complexity index is 695. The van der Waals surface area contributed by atoms with Crippen molar-refractivity contribution >= 4 is 40.0 Å². The Hall–Kier alpha value is -0.980. The number of sulfonamides is 1. The van der Waals surface area contributed by atoms with Gasteiger partial charge in [-0.05, 0) is 43.4 Å². The maximum absolute atomic E-state index is 12.9. The largest absolute Gasteiger partial charge is 0.377 e. The van der Waals surface area contributed by atoms with E-state index in [1.54, 1.807) is 19.2 Å². The molecule has 0 aromatic heterocycles. The number of guanidine groups is 1. The van der Waals surface area contributed by atoms with Crippen molar-refractivity contribution in [3.63, 3.8) is 0 Å². The first-order valence-corrected chi connectivity index (χ1v) is 10.9. The molecule has 1 aliphatic heterocycles. The summed E-state index contributed by atoms with van der Waals surface area (Å²) >= 11 is 0. The van der Waals surface area contributed by atoms with E-state index in [0.717, 1.165) is 24.8 Å². The van der Waals surface area contributed by atoms with Gasteiger partial charge in [0.25, 0.3) is 0 Å². The van der Waals surface area contributed by atoms with Crippen molar-refractivity contribution < 1.29 is 17.5 Å². The van der Waals surface area contributed by atoms with E-state index >= 15 is 0 Å². The van der Waals surface area contributed by atoms with E-state index in [2.05, 4.69) is 20.3 Å². The summed E-state index contributed by atoms with van der Waals surface area (Å²) in [5, 5.41) is 6.10. The average molecular weight is 528 g/mol. The fourth-order valence-corrected chi connectivity index (χ4v) is 3.72. The highest BCUT2D eigenvalue weighted by Gasteiger charge is 2.17. The molecule has 0 radical (unpaired) electrons. The summed E-state index contributed by atoms with van der Waals surface area (Å²) in [4.78, 5) is 4.07. The summed E-state index contributed by atoms with van der Waals surface area (Å²) in [5.41, 5.74) is 1.01. The van der Waals surface area contributed by atoms with E-state index in [-0.39, 0.29) is 48.2 Å². The third-order valence-electron chi connectivity index (χ3n) is 4.31. The molecule has 10 heteroatoms. The van der Waals surface area contributed by atoms with Crippen LogP contribution in [-0.2, 0) is 21.2 Å². The molecule has 160 valence electrons. The van der Waals surface area contributed by atoms with Crippen LogP contribution in [0.25, 0.3) is 0 Å². The number of aliphatic imine (C=N–C) groups is 1. The van der Waals surface area contributed by atoms with Crippen LogP contribution in [0.15, 0.2) is 29.3 Å². The summed E-state index contributed by atoms with van der Waals surface area (Å²) in [6.45, 7) is 1.88. The van der Waals surface area contributed by atoms with E-state index < -0.39 is 10.0 Å². The highest BCUT2D eigenvalue weighted by Crippen LogP contribution is 2.11. The van der Waals surface area contributed by atoms with E-state index in [4.69, 9.17) is 4.74 Å². The number of nitrogens with one attached hydrogen (secondary N) is 3. The zero-order valence-electron chi connectivity index (χ0n) is 16.1. The summed E-state index contributed by atoms with van der Waals surface area (Å²) in [5.74, 6) is 0.232. The molecule has 1 fully saturated rings. The Morgan fingerprint density at radius 3 is 2.57 bits per heavy atom. The predicted octanol–water partition coefficient (Wildman–Crippen LogP) is 1.64. The summed E-state index contributed by atoms with van der Waals surface area (Å²) < 4.78 is 45.2. The molecule has 1 saturated heterocycles. The molecule has 1 aliphatic rings. The maximum Gasteiger partial charge on any atom is 0.213 e. The van der Waals surface area contributed by atoms with Crippen LogP contribution < -0.4 is 15.4 Å². The van der Waals surface area contributed by atoms with Crippen molar-refractivity contribution in [2.45, 2.75) is 31.8 Å². The first-order chi connectivity index (χ1) is 13.0. The van der Waals surface area contributed by atoms with Crippen LogP contribution in [0.4, 0.5) is 4.39 Å². The number of rotatable bonds is 9. The maximum atomic E-state index is 12.9.